The number of carbonyl (C=O) groups excluding carboxylic acids is 1. The second-order valence-electron chi connectivity index (χ2n) is 5.32. The molecule has 0 bridgehead atoms. The van der Waals surface area contributed by atoms with Crippen LogP contribution < -0.4 is 5.43 Å². The third kappa shape index (κ3) is 5.56. The summed E-state index contributed by atoms with van der Waals surface area (Å²) in [4.78, 5) is 22.9. The first kappa shape index (κ1) is 19.4. The van der Waals surface area contributed by atoms with Crippen molar-refractivity contribution in [3.63, 3.8) is 0 Å². The van der Waals surface area contributed by atoms with Gasteiger partial charge in [0.1, 0.15) is 5.92 Å². The van der Waals surface area contributed by atoms with Crippen molar-refractivity contribution in [3.8, 4) is 0 Å². The number of benzene rings is 2. The number of nitrogens with one attached hydrogen (secondary N) is 1. The van der Waals surface area contributed by atoms with Gasteiger partial charge in [-0.25, -0.2) is 0 Å². The van der Waals surface area contributed by atoms with E-state index < -0.39 is 16.8 Å². The molecule has 0 amide bonds. The Hall–Kier alpha value is -2.93. The van der Waals surface area contributed by atoms with E-state index >= 15 is 0 Å². The molecule has 7 nitrogen and oxygen atoms in total. The molecule has 1 unspecified atom stereocenters. The number of halogens is 1. The SMILES string of the molecule is CCOC(=O)CC(/C(=N/Nc1ccc(Cl)cc1)[N+](=O)[O-])c1ccccc1. The zero-order valence-corrected chi connectivity index (χ0v) is 14.8. The highest BCUT2D eigenvalue weighted by molar-refractivity contribution is 6.30. The smallest absolute Gasteiger partial charge is 0.371 e. The maximum Gasteiger partial charge on any atom is 0.371 e. The van der Waals surface area contributed by atoms with Crippen LogP contribution in [0.1, 0.15) is 24.8 Å². The molecule has 1 atom stereocenters. The van der Waals surface area contributed by atoms with Crippen molar-refractivity contribution in [2.45, 2.75) is 19.3 Å². The summed E-state index contributed by atoms with van der Waals surface area (Å²) in [7, 11) is 0. The van der Waals surface area contributed by atoms with Gasteiger partial charge in [0.15, 0.2) is 0 Å². The summed E-state index contributed by atoms with van der Waals surface area (Å²) in [6, 6.07) is 15.3. The Morgan fingerprint density at radius 3 is 2.46 bits per heavy atom. The van der Waals surface area contributed by atoms with E-state index in [1.165, 1.54) is 0 Å². The Bertz CT molecular complexity index is 779. The molecule has 2 rings (SSSR count). The van der Waals surface area contributed by atoms with Crippen molar-refractivity contribution in [2.24, 2.45) is 5.10 Å². The van der Waals surface area contributed by atoms with Gasteiger partial charge in [-0.15, -0.1) is 0 Å². The molecule has 0 fully saturated rings. The number of esters is 1. The summed E-state index contributed by atoms with van der Waals surface area (Å²) in [5, 5.41) is 16.1. The summed E-state index contributed by atoms with van der Waals surface area (Å²) < 4.78 is 4.95. The maximum absolute atomic E-state index is 11.9. The Kier molecular flexibility index (Phi) is 7.11. The van der Waals surface area contributed by atoms with Crippen molar-refractivity contribution in [1.29, 1.82) is 0 Å². The van der Waals surface area contributed by atoms with Gasteiger partial charge in [0.25, 0.3) is 0 Å². The number of carbonyl (C=O) groups is 1. The van der Waals surface area contributed by atoms with Crippen LogP contribution in [0.15, 0.2) is 59.7 Å². The summed E-state index contributed by atoms with van der Waals surface area (Å²) in [5.41, 5.74) is 3.79. The number of nitrogens with zero attached hydrogens (tertiary/aromatic N) is 2. The third-order valence-corrected chi connectivity index (χ3v) is 3.77. The van der Waals surface area contributed by atoms with Gasteiger partial charge in [0, 0.05) is 5.02 Å². The first-order chi connectivity index (χ1) is 12.5. The predicted octanol–water partition coefficient (Wildman–Crippen LogP) is 4.08. The van der Waals surface area contributed by atoms with Gasteiger partial charge < -0.3 is 14.9 Å². The highest BCUT2D eigenvalue weighted by Crippen LogP contribution is 2.23. The van der Waals surface area contributed by atoms with Crippen LogP contribution in [0.3, 0.4) is 0 Å². The molecule has 0 aliphatic carbocycles. The van der Waals surface area contributed by atoms with Gasteiger partial charge in [0.2, 0.25) is 0 Å². The zero-order valence-electron chi connectivity index (χ0n) is 14.1. The second kappa shape index (κ2) is 9.53. The van der Waals surface area contributed by atoms with E-state index in [-0.39, 0.29) is 18.9 Å². The Balaban J connectivity index is 2.32. The molecule has 2 aromatic rings. The van der Waals surface area contributed by atoms with E-state index in [0.29, 0.717) is 16.3 Å². The van der Waals surface area contributed by atoms with Crippen molar-refractivity contribution in [2.75, 3.05) is 12.0 Å². The largest absolute Gasteiger partial charge is 0.466 e. The highest BCUT2D eigenvalue weighted by atomic mass is 35.5. The fraction of sp³-hybridized carbons (Fsp3) is 0.222. The number of hydrazone groups is 1. The quantitative estimate of drug-likeness (QED) is 0.259. The van der Waals surface area contributed by atoms with Gasteiger partial charge in [0.05, 0.1) is 23.8 Å². The summed E-state index contributed by atoms with van der Waals surface area (Å²) in [6.07, 6.45) is -0.181. The molecule has 136 valence electrons. The van der Waals surface area contributed by atoms with Crippen LogP contribution in [-0.2, 0) is 9.53 Å². The highest BCUT2D eigenvalue weighted by Gasteiger charge is 2.31. The molecule has 0 aliphatic rings. The summed E-state index contributed by atoms with van der Waals surface area (Å²) in [5.74, 6) is -1.74. The normalized spacial score (nSPS) is 12.3. The van der Waals surface area contributed by atoms with E-state index in [2.05, 4.69) is 10.5 Å². The Morgan fingerprint density at radius 1 is 1.23 bits per heavy atom. The minimum Gasteiger partial charge on any atom is -0.466 e. The molecule has 26 heavy (non-hydrogen) atoms. The van der Waals surface area contributed by atoms with Crippen molar-refractivity contribution in [1.82, 2.24) is 0 Å². The van der Waals surface area contributed by atoms with Crippen LogP contribution >= 0.6 is 11.6 Å². The van der Waals surface area contributed by atoms with Crippen LogP contribution in [0.25, 0.3) is 0 Å². The van der Waals surface area contributed by atoms with Gasteiger partial charge in [-0.1, -0.05) is 41.9 Å². The van der Waals surface area contributed by atoms with Crippen molar-refractivity contribution >= 4 is 29.1 Å². The number of amidine groups is 1. The molecule has 2 aromatic carbocycles. The molecule has 1 N–H and O–H groups in total. The third-order valence-electron chi connectivity index (χ3n) is 3.52. The number of hydrogen-bond acceptors (Lipinski definition) is 6. The molecule has 0 heterocycles. The Labute approximate surface area is 155 Å². The van der Waals surface area contributed by atoms with Crippen LogP contribution in [0.2, 0.25) is 5.02 Å². The first-order valence-electron chi connectivity index (χ1n) is 7.95. The Morgan fingerprint density at radius 2 is 1.88 bits per heavy atom. The van der Waals surface area contributed by atoms with E-state index in [1.807, 2.05) is 0 Å². The first-order valence-corrected chi connectivity index (χ1v) is 8.33. The predicted molar refractivity (Wildman–Crippen MR) is 99.9 cm³/mol. The van der Waals surface area contributed by atoms with Crippen LogP contribution in [0, 0.1) is 10.1 Å². The molecule has 0 aliphatic heterocycles. The molecule has 0 aromatic heterocycles. The molecular formula is C18H18ClN3O4. The van der Waals surface area contributed by atoms with Gasteiger partial charge in [-0.2, -0.15) is 5.43 Å². The van der Waals surface area contributed by atoms with Gasteiger partial charge in [-0.05, 0) is 41.7 Å². The number of anilines is 1. The standard InChI is InChI=1S/C18H18ClN3O4/c1-2-26-17(23)12-16(13-6-4-3-5-7-13)18(22(24)25)21-20-15-10-8-14(19)9-11-15/h3-11,16,20H,2,12H2,1H3/b21-18-. The molecule has 0 radical (unpaired) electrons. The fourth-order valence-corrected chi connectivity index (χ4v) is 2.45. The molecule has 8 heteroatoms. The van der Waals surface area contributed by atoms with Crippen molar-refractivity contribution < 1.29 is 14.5 Å². The van der Waals surface area contributed by atoms with E-state index in [9.17, 15) is 14.9 Å². The number of hydrogen-bond donors (Lipinski definition) is 1. The second-order valence-corrected chi connectivity index (χ2v) is 5.75. The topological polar surface area (TPSA) is 93.8 Å². The van der Waals surface area contributed by atoms with E-state index in [4.69, 9.17) is 16.3 Å². The lowest BCUT2D eigenvalue weighted by Crippen LogP contribution is -2.26. The van der Waals surface area contributed by atoms with Crippen molar-refractivity contribution in [3.05, 3.63) is 75.3 Å². The molecule has 0 saturated carbocycles. The lowest BCUT2D eigenvalue weighted by molar-refractivity contribution is -0.354. The minimum atomic E-state index is -0.843. The number of nitro groups is 1. The maximum atomic E-state index is 11.9. The lowest BCUT2D eigenvalue weighted by Gasteiger charge is -2.13. The monoisotopic (exact) mass is 375 g/mol. The van der Waals surface area contributed by atoms with E-state index in [1.54, 1.807) is 61.5 Å². The van der Waals surface area contributed by atoms with Crippen LogP contribution in [-0.4, -0.2) is 23.3 Å². The average molecular weight is 376 g/mol. The number of ether oxygens (including phenoxy) is 1. The lowest BCUT2D eigenvalue weighted by atomic mass is 9.94. The average Bonchev–Trinajstić information content (AvgIpc) is 2.63. The molecule has 0 saturated heterocycles. The minimum absolute atomic E-state index is 0.181. The fourth-order valence-electron chi connectivity index (χ4n) is 2.32. The number of rotatable bonds is 7. The molecular weight excluding hydrogens is 358 g/mol. The summed E-state index contributed by atoms with van der Waals surface area (Å²) in [6.45, 7) is 1.88. The zero-order chi connectivity index (χ0) is 18.9. The molecule has 0 spiro atoms. The van der Waals surface area contributed by atoms with Crippen LogP contribution in [0.4, 0.5) is 5.69 Å². The van der Waals surface area contributed by atoms with Gasteiger partial charge >= 0.3 is 11.8 Å². The van der Waals surface area contributed by atoms with Crippen LogP contribution in [0.5, 0.6) is 0 Å². The van der Waals surface area contributed by atoms with E-state index in [0.717, 1.165) is 0 Å². The van der Waals surface area contributed by atoms with Gasteiger partial charge in [-0.3, -0.25) is 4.79 Å². The summed E-state index contributed by atoms with van der Waals surface area (Å²) >= 11 is 5.82.